The molecule has 0 aliphatic rings. The molecular weight excluding hydrogens is 354 g/mol. The fourth-order valence-electron chi connectivity index (χ4n) is 1.96. The maximum Gasteiger partial charge on any atom is 0.261 e. The Bertz CT molecular complexity index is 744. The van der Waals surface area contributed by atoms with Crippen molar-refractivity contribution in [3.05, 3.63) is 52.5 Å². The van der Waals surface area contributed by atoms with E-state index in [4.69, 9.17) is 4.74 Å². The number of aryl methyl sites for hydroxylation is 1. The summed E-state index contributed by atoms with van der Waals surface area (Å²) in [7, 11) is -2.04. The molecule has 112 valence electrons. The molecule has 0 unspecified atom stereocenters. The lowest BCUT2D eigenvalue weighted by molar-refractivity contribution is 0.409. The molecule has 4 nitrogen and oxygen atoms in total. The molecule has 2 aromatic rings. The van der Waals surface area contributed by atoms with Gasteiger partial charge in [-0.3, -0.25) is 4.72 Å². The predicted molar refractivity (Wildman–Crippen MR) is 87.3 cm³/mol. The molecule has 0 radical (unpaired) electrons. The van der Waals surface area contributed by atoms with E-state index in [2.05, 4.69) is 20.7 Å². The van der Waals surface area contributed by atoms with Crippen LogP contribution in [0.5, 0.6) is 5.75 Å². The SMILES string of the molecule is CCc1cc(S(=O)(=O)Nc2cccc(Br)c2)ccc1OC. The van der Waals surface area contributed by atoms with Gasteiger partial charge in [0.15, 0.2) is 0 Å². The van der Waals surface area contributed by atoms with Crippen molar-refractivity contribution >= 4 is 31.6 Å². The Balaban J connectivity index is 2.35. The van der Waals surface area contributed by atoms with Crippen LogP contribution in [0.25, 0.3) is 0 Å². The molecule has 0 bridgehead atoms. The van der Waals surface area contributed by atoms with E-state index in [9.17, 15) is 8.42 Å². The summed E-state index contributed by atoms with van der Waals surface area (Å²) in [5, 5.41) is 0. The van der Waals surface area contributed by atoms with Crippen LogP contribution >= 0.6 is 15.9 Å². The van der Waals surface area contributed by atoms with E-state index in [0.29, 0.717) is 17.9 Å². The van der Waals surface area contributed by atoms with Gasteiger partial charge in [0, 0.05) is 10.2 Å². The summed E-state index contributed by atoms with van der Waals surface area (Å²) in [6.45, 7) is 1.95. The maximum absolute atomic E-state index is 12.4. The molecule has 0 aliphatic heterocycles. The van der Waals surface area contributed by atoms with Gasteiger partial charge in [0.05, 0.1) is 12.0 Å². The Labute approximate surface area is 133 Å². The van der Waals surface area contributed by atoms with Crippen molar-refractivity contribution in [1.82, 2.24) is 0 Å². The van der Waals surface area contributed by atoms with Crippen molar-refractivity contribution in [3.63, 3.8) is 0 Å². The number of nitrogens with one attached hydrogen (secondary N) is 1. The number of ether oxygens (including phenoxy) is 1. The molecule has 2 rings (SSSR count). The van der Waals surface area contributed by atoms with E-state index in [1.807, 2.05) is 13.0 Å². The number of sulfonamides is 1. The largest absolute Gasteiger partial charge is 0.496 e. The van der Waals surface area contributed by atoms with Crippen LogP contribution < -0.4 is 9.46 Å². The second-order valence-electron chi connectivity index (χ2n) is 4.44. The molecule has 0 fully saturated rings. The van der Waals surface area contributed by atoms with Gasteiger partial charge in [-0.15, -0.1) is 0 Å². The van der Waals surface area contributed by atoms with Crippen LogP contribution in [0.3, 0.4) is 0 Å². The Kier molecular flexibility index (Phi) is 4.90. The van der Waals surface area contributed by atoms with Crippen LogP contribution in [0.4, 0.5) is 5.69 Å². The lowest BCUT2D eigenvalue weighted by Gasteiger charge is -2.11. The van der Waals surface area contributed by atoms with E-state index in [-0.39, 0.29) is 4.90 Å². The number of hydrogen-bond donors (Lipinski definition) is 1. The highest BCUT2D eigenvalue weighted by Gasteiger charge is 2.16. The van der Waals surface area contributed by atoms with Crippen LogP contribution in [0.1, 0.15) is 12.5 Å². The molecule has 0 spiro atoms. The van der Waals surface area contributed by atoms with Gasteiger partial charge in [-0.25, -0.2) is 8.42 Å². The van der Waals surface area contributed by atoms with Crippen molar-refractivity contribution in [1.29, 1.82) is 0 Å². The van der Waals surface area contributed by atoms with Crippen LogP contribution in [-0.4, -0.2) is 15.5 Å². The smallest absolute Gasteiger partial charge is 0.261 e. The molecule has 0 saturated heterocycles. The number of halogens is 1. The summed E-state index contributed by atoms with van der Waals surface area (Å²) < 4.78 is 33.4. The first-order valence-electron chi connectivity index (χ1n) is 6.41. The highest BCUT2D eigenvalue weighted by molar-refractivity contribution is 9.10. The number of anilines is 1. The fourth-order valence-corrected chi connectivity index (χ4v) is 3.46. The van der Waals surface area contributed by atoms with Gasteiger partial charge in [0.1, 0.15) is 5.75 Å². The molecule has 21 heavy (non-hydrogen) atoms. The Morgan fingerprint density at radius 2 is 1.95 bits per heavy atom. The summed E-state index contributed by atoms with van der Waals surface area (Å²) in [5.41, 5.74) is 1.37. The van der Waals surface area contributed by atoms with Crippen LogP contribution in [0.15, 0.2) is 51.8 Å². The number of hydrogen-bond acceptors (Lipinski definition) is 3. The van der Waals surface area contributed by atoms with E-state index in [0.717, 1.165) is 10.0 Å². The zero-order valence-corrected chi connectivity index (χ0v) is 14.2. The first-order chi connectivity index (χ1) is 9.96. The van der Waals surface area contributed by atoms with Crippen LogP contribution in [0.2, 0.25) is 0 Å². The van der Waals surface area contributed by atoms with E-state index >= 15 is 0 Å². The van der Waals surface area contributed by atoms with Crippen molar-refractivity contribution in [2.24, 2.45) is 0 Å². The molecule has 0 atom stereocenters. The average Bonchev–Trinajstić information content (AvgIpc) is 2.46. The van der Waals surface area contributed by atoms with Gasteiger partial charge >= 0.3 is 0 Å². The predicted octanol–water partition coefficient (Wildman–Crippen LogP) is 3.82. The Morgan fingerprint density at radius 3 is 2.57 bits per heavy atom. The van der Waals surface area contributed by atoms with Crippen molar-refractivity contribution in [2.75, 3.05) is 11.8 Å². The molecule has 0 heterocycles. The van der Waals surface area contributed by atoms with Crippen molar-refractivity contribution in [2.45, 2.75) is 18.2 Å². The molecule has 2 aromatic carbocycles. The summed E-state index contributed by atoms with van der Waals surface area (Å²) in [5.74, 6) is 0.693. The Morgan fingerprint density at radius 1 is 1.19 bits per heavy atom. The van der Waals surface area contributed by atoms with Gasteiger partial charge in [-0.2, -0.15) is 0 Å². The summed E-state index contributed by atoms with van der Waals surface area (Å²) in [6, 6.07) is 11.9. The molecule has 6 heteroatoms. The zero-order valence-electron chi connectivity index (χ0n) is 11.8. The standard InChI is InChI=1S/C15H16BrNO3S/c1-3-11-9-14(7-8-15(11)20-2)21(18,19)17-13-6-4-5-12(16)10-13/h4-10,17H,3H2,1-2H3. The highest BCUT2D eigenvalue weighted by atomic mass is 79.9. The second kappa shape index (κ2) is 6.49. The third-order valence-corrected chi connectivity index (χ3v) is 4.89. The molecule has 1 N–H and O–H groups in total. The second-order valence-corrected chi connectivity index (χ2v) is 7.04. The number of methoxy groups -OCH3 is 1. The normalized spacial score (nSPS) is 11.2. The van der Waals surface area contributed by atoms with Gasteiger partial charge in [0.2, 0.25) is 0 Å². The Hall–Kier alpha value is -1.53. The highest BCUT2D eigenvalue weighted by Crippen LogP contribution is 2.25. The van der Waals surface area contributed by atoms with Crippen molar-refractivity contribution < 1.29 is 13.2 Å². The van der Waals surface area contributed by atoms with E-state index in [1.54, 1.807) is 37.4 Å². The quantitative estimate of drug-likeness (QED) is 0.871. The van der Waals surface area contributed by atoms with Crippen LogP contribution in [0, 0.1) is 0 Å². The zero-order chi connectivity index (χ0) is 15.5. The number of rotatable bonds is 5. The molecule has 0 saturated carbocycles. The lowest BCUT2D eigenvalue weighted by Crippen LogP contribution is -2.13. The molecule has 0 amide bonds. The maximum atomic E-state index is 12.4. The summed E-state index contributed by atoms with van der Waals surface area (Å²) in [6.07, 6.45) is 0.698. The average molecular weight is 370 g/mol. The van der Waals surface area contributed by atoms with E-state index < -0.39 is 10.0 Å². The minimum absolute atomic E-state index is 0.222. The molecule has 0 aromatic heterocycles. The van der Waals surface area contributed by atoms with Crippen LogP contribution in [-0.2, 0) is 16.4 Å². The monoisotopic (exact) mass is 369 g/mol. The molecular formula is C15H16BrNO3S. The number of benzene rings is 2. The van der Waals surface area contributed by atoms with Gasteiger partial charge in [0.25, 0.3) is 10.0 Å². The third-order valence-electron chi connectivity index (χ3n) is 3.02. The minimum Gasteiger partial charge on any atom is -0.496 e. The first-order valence-corrected chi connectivity index (χ1v) is 8.69. The van der Waals surface area contributed by atoms with Gasteiger partial charge < -0.3 is 4.74 Å². The van der Waals surface area contributed by atoms with E-state index in [1.165, 1.54) is 6.07 Å². The van der Waals surface area contributed by atoms with Gasteiger partial charge in [-0.05, 0) is 48.4 Å². The first kappa shape index (κ1) is 15.9. The molecule has 0 aliphatic carbocycles. The van der Waals surface area contributed by atoms with Crippen molar-refractivity contribution in [3.8, 4) is 5.75 Å². The van der Waals surface area contributed by atoms with Gasteiger partial charge in [-0.1, -0.05) is 28.9 Å². The lowest BCUT2D eigenvalue weighted by atomic mass is 10.1. The summed E-state index contributed by atoms with van der Waals surface area (Å²) in [4.78, 5) is 0.222. The fraction of sp³-hybridized carbons (Fsp3) is 0.200. The minimum atomic E-state index is -3.61. The summed E-state index contributed by atoms with van der Waals surface area (Å²) >= 11 is 3.32. The third kappa shape index (κ3) is 3.77. The topological polar surface area (TPSA) is 55.4 Å².